The summed E-state index contributed by atoms with van der Waals surface area (Å²) in [5.41, 5.74) is 0. The largest absolute Gasteiger partial charge is 0.392 e. The molecule has 1 unspecified atom stereocenters. The highest BCUT2D eigenvalue weighted by Gasteiger charge is 2.20. The fourth-order valence-corrected chi connectivity index (χ4v) is 2.42. The lowest BCUT2D eigenvalue weighted by Gasteiger charge is -2.36. The van der Waals surface area contributed by atoms with Crippen LogP contribution in [0.4, 0.5) is 5.82 Å². The van der Waals surface area contributed by atoms with Crippen LogP contribution in [0, 0.1) is 0 Å². The summed E-state index contributed by atoms with van der Waals surface area (Å²) >= 11 is 6.14. The summed E-state index contributed by atoms with van der Waals surface area (Å²) in [4.78, 5) is 8.83. The fourth-order valence-electron chi connectivity index (χ4n) is 2.18. The Bertz CT molecular complexity index is 380. The van der Waals surface area contributed by atoms with Gasteiger partial charge < -0.3 is 10.0 Å². The molecule has 1 saturated heterocycles. The van der Waals surface area contributed by atoms with Crippen LogP contribution in [0.25, 0.3) is 0 Å². The third-order valence-electron chi connectivity index (χ3n) is 3.35. The number of rotatable bonds is 4. The van der Waals surface area contributed by atoms with Gasteiger partial charge in [0.1, 0.15) is 5.82 Å². The number of piperazine rings is 1. The number of aromatic nitrogens is 1. The number of aliphatic hydroxyl groups is 1. The molecule has 1 aliphatic heterocycles. The zero-order valence-electron chi connectivity index (χ0n) is 10.7. The Morgan fingerprint density at radius 3 is 2.72 bits per heavy atom. The van der Waals surface area contributed by atoms with Gasteiger partial charge >= 0.3 is 0 Å². The van der Waals surface area contributed by atoms with Crippen molar-refractivity contribution in [2.24, 2.45) is 0 Å². The molecule has 1 atom stereocenters. The van der Waals surface area contributed by atoms with E-state index in [1.807, 2.05) is 19.1 Å². The Morgan fingerprint density at radius 2 is 2.11 bits per heavy atom. The van der Waals surface area contributed by atoms with Crippen molar-refractivity contribution in [1.82, 2.24) is 9.88 Å². The Kier molecular flexibility index (Phi) is 4.80. The van der Waals surface area contributed by atoms with E-state index in [2.05, 4.69) is 14.8 Å². The fraction of sp³-hybridized carbons (Fsp3) is 0.615. The molecule has 0 spiro atoms. The number of hydrogen-bond donors (Lipinski definition) is 1. The quantitative estimate of drug-likeness (QED) is 0.902. The number of β-amino-alcohol motifs (C(OH)–C–C–N with tert-alkyl or cyclic N) is 1. The van der Waals surface area contributed by atoms with E-state index in [-0.39, 0.29) is 6.10 Å². The highest BCUT2D eigenvalue weighted by molar-refractivity contribution is 6.32. The molecule has 0 bridgehead atoms. The SMILES string of the molecule is CCC(O)CN1CCN(c2ncccc2Cl)CC1. The number of pyridine rings is 1. The topological polar surface area (TPSA) is 39.6 Å². The number of hydrogen-bond acceptors (Lipinski definition) is 4. The first kappa shape index (κ1) is 13.6. The summed E-state index contributed by atoms with van der Waals surface area (Å²) in [6, 6.07) is 3.72. The molecular formula is C13H20ClN3O. The summed E-state index contributed by atoms with van der Waals surface area (Å²) in [5.74, 6) is 0.870. The van der Waals surface area contributed by atoms with E-state index in [9.17, 15) is 5.11 Å². The Balaban J connectivity index is 1.89. The molecule has 1 fully saturated rings. The summed E-state index contributed by atoms with van der Waals surface area (Å²) in [6.45, 7) is 6.49. The van der Waals surface area contributed by atoms with Crippen molar-refractivity contribution in [1.29, 1.82) is 0 Å². The van der Waals surface area contributed by atoms with Gasteiger partial charge in [-0.2, -0.15) is 0 Å². The molecule has 0 radical (unpaired) electrons. The Hall–Kier alpha value is -0.840. The van der Waals surface area contributed by atoms with Gasteiger partial charge in [0.05, 0.1) is 11.1 Å². The lowest BCUT2D eigenvalue weighted by Crippen LogP contribution is -2.48. The second kappa shape index (κ2) is 6.36. The van der Waals surface area contributed by atoms with Crippen LogP contribution in [-0.2, 0) is 0 Å². The summed E-state index contributed by atoms with van der Waals surface area (Å²) < 4.78 is 0. The normalized spacial score (nSPS) is 18.9. The van der Waals surface area contributed by atoms with Crippen LogP contribution in [0.2, 0.25) is 5.02 Å². The molecule has 1 aromatic rings. The van der Waals surface area contributed by atoms with E-state index in [0.29, 0.717) is 5.02 Å². The molecule has 1 aromatic heterocycles. The zero-order chi connectivity index (χ0) is 13.0. The van der Waals surface area contributed by atoms with E-state index in [1.165, 1.54) is 0 Å². The van der Waals surface area contributed by atoms with Gasteiger partial charge in [0.15, 0.2) is 0 Å². The molecule has 4 nitrogen and oxygen atoms in total. The van der Waals surface area contributed by atoms with Crippen LogP contribution in [0.5, 0.6) is 0 Å². The van der Waals surface area contributed by atoms with Gasteiger partial charge in [-0.3, -0.25) is 4.90 Å². The first-order chi connectivity index (χ1) is 8.70. The number of nitrogens with zero attached hydrogens (tertiary/aromatic N) is 3. The monoisotopic (exact) mass is 269 g/mol. The van der Waals surface area contributed by atoms with Crippen LogP contribution >= 0.6 is 11.6 Å². The van der Waals surface area contributed by atoms with Crippen LogP contribution < -0.4 is 4.90 Å². The molecule has 100 valence electrons. The van der Waals surface area contributed by atoms with Gasteiger partial charge in [0.2, 0.25) is 0 Å². The Labute approximate surface area is 113 Å². The van der Waals surface area contributed by atoms with E-state index in [4.69, 9.17) is 11.6 Å². The van der Waals surface area contributed by atoms with Crippen molar-refractivity contribution in [3.63, 3.8) is 0 Å². The highest BCUT2D eigenvalue weighted by atomic mass is 35.5. The van der Waals surface area contributed by atoms with E-state index in [0.717, 1.165) is 45.0 Å². The summed E-state index contributed by atoms with van der Waals surface area (Å²) in [7, 11) is 0. The van der Waals surface area contributed by atoms with Crippen LogP contribution in [0.15, 0.2) is 18.3 Å². The summed E-state index contributed by atoms with van der Waals surface area (Å²) in [5, 5.41) is 10.4. The molecule has 1 N–H and O–H groups in total. The maximum absolute atomic E-state index is 9.65. The van der Waals surface area contributed by atoms with Gasteiger partial charge in [0, 0.05) is 38.9 Å². The zero-order valence-corrected chi connectivity index (χ0v) is 11.5. The number of aliphatic hydroxyl groups excluding tert-OH is 1. The van der Waals surface area contributed by atoms with Crippen LogP contribution in [0.3, 0.4) is 0 Å². The van der Waals surface area contributed by atoms with Gasteiger partial charge in [-0.25, -0.2) is 4.98 Å². The molecule has 1 aliphatic rings. The summed E-state index contributed by atoms with van der Waals surface area (Å²) in [6.07, 6.45) is 2.37. The van der Waals surface area contributed by atoms with Gasteiger partial charge in [-0.15, -0.1) is 0 Å². The standard InChI is InChI=1S/C13H20ClN3O/c1-2-11(18)10-16-6-8-17(9-7-16)13-12(14)4-3-5-15-13/h3-5,11,18H,2,6-10H2,1H3. The number of halogens is 1. The third kappa shape index (κ3) is 3.34. The minimum Gasteiger partial charge on any atom is -0.392 e. The van der Waals surface area contributed by atoms with Crippen LogP contribution in [0.1, 0.15) is 13.3 Å². The van der Waals surface area contributed by atoms with E-state index in [1.54, 1.807) is 6.20 Å². The molecular weight excluding hydrogens is 250 g/mol. The average Bonchev–Trinajstić information content (AvgIpc) is 2.40. The van der Waals surface area contributed by atoms with Crippen molar-refractivity contribution in [2.45, 2.75) is 19.4 Å². The van der Waals surface area contributed by atoms with Crippen molar-refractivity contribution in [3.8, 4) is 0 Å². The second-order valence-corrected chi connectivity index (χ2v) is 5.07. The van der Waals surface area contributed by atoms with Gasteiger partial charge in [0.25, 0.3) is 0 Å². The molecule has 18 heavy (non-hydrogen) atoms. The first-order valence-electron chi connectivity index (χ1n) is 6.46. The number of anilines is 1. The Morgan fingerprint density at radius 1 is 1.39 bits per heavy atom. The van der Waals surface area contributed by atoms with Gasteiger partial charge in [-0.05, 0) is 18.6 Å². The molecule has 2 heterocycles. The van der Waals surface area contributed by atoms with E-state index >= 15 is 0 Å². The highest BCUT2D eigenvalue weighted by Crippen LogP contribution is 2.23. The lowest BCUT2D eigenvalue weighted by molar-refractivity contribution is 0.106. The van der Waals surface area contributed by atoms with Crippen molar-refractivity contribution >= 4 is 17.4 Å². The molecule has 0 amide bonds. The maximum atomic E-state index is 9.65. The molecule has 2 rings (SSSR count). The molecule has 0 aromatic carbocycles. The molecule has 0 saturated carbocycles. The van der Waals surface area contributed by atoms with E-state index < -0.39 is 0 Å². The molecule has 5 heteroatoms. The third-order valence-corrected chi connectivity index (χ3v) is 3.65. The van der Waals surface area contributed by atoms with Crippen LogP contribution in [-0.4, -0.2) is 53.8 Å². The minimum atomic E-state index is -0.213. The molecule has 0 aliphatic carbocycles. The second-order valence-electron chi connectivity index (χ2n) is 4.66. The van der Waals surface area contributed by atoms with Gasteiger partial charge in [-0.1, -0.05) is 18.5 Å². The minimum absolute atomic E-state index is 0.213. The smallest absolute Gasteiger partial charge is 0.147 e. The predicted octanol–water partition coefficient (Wildman–Crippen LogP) is 1.63. The average molecular weight is 270 g/mol. The predicted molar refractivity (Wildman–Crippen MR) is 74.2 cm³/mol. The lowest BCUT2D eigenvalue weighted by atomic mass is 10.2. The van der Waals surface area contributed by atoms with Crippen molar-refractivity contribution < 1.29 is 5.11 Å². The first-order valence-corrected chi connectivity index (χ1v) is 6.84. The van der Waals surface area contributed by atoms with Crippen molar-refractivity contribution in [2.75, 3.05) is 37.6 Å². The maximum Gasteiger partial charge on any atom is 0.147 e. The van der Waals surface area contributed by atoms with Crippen molar-refractivity contribution in [3.05, 3.63) is 23.4 Å².